The Balaban J connectivity index is 1.37. The van der Waals surface area contributed by atoms with Gasteiger partial charge in [0.25, 0.3) is 0 Å². The molecule has 140 valence electrons. The van der Waals surface area contributed by atoms with Crippen molar-refractivity contribution in [2.75, 3.05) is 19.7 Å². The second kappa shape index (κ2) is 7.48. The van der Waals surface area contributed by atoms with Crippen LogP contribution in [-0.4, -0.2) is 47.4 Å². The second-order valence-electron chi connectivity index (χ2n) is 7.37. The Morgan fingerprint density at radius 2 is 2.00 bits per heavy atom. The summed E-state index contributed by atoms with van der Waals surface area (Å²) < 4.78 is 5.63. The van der Waals surface area contributed by atoms with Crippen LogP contribution in [0.3, 0.4) is 0 Å². The lowest BCUT2D eigenvalue weighted by Crippen LogP contribution is -2.40. The number of carbonyl (C=O) groups excluding carboxylic acids is 2. The first-order valence-corrected chi connectivity index (χ1v) is 9.16. The average molecular weight is 359 g/mol. The number of carboxylic acid groups (broad SMARTS) is 1. The second-order valence-corrected chi connectivity index (χ2v) is 7.37. The van der Waals surface area contributed by atoms with Crippen molar-refractivity contribution in [2.24, 2.45) is 11.3 Å². The minimum Gasteiger partial charge on any atom is -0.494 e. The SMILES string of the molecule is CC(=O)c1cccc(OCCCC(=O)N2CCC3(CC2)CC3C(=O)O)c1. The molecule has 0 radical (unpaired) electrons. The molecule has 2 fully saturated rings. The Morgan fingerprint density at radius 3 is 2.62 bits per heavy atom. The van der Waals surface area contributed by atoms with Crippen LogP contribution in [0.25, 0.3) is 0 Å². The van der Waals surface area contributed by atoms with Gasteiger partial charge in [0.15, 0.2) is 5.78 Å². The zero-order chi connectivity index (χ0) is 18.7. The molecule has 1 aromatic carbocycles. The van der Waals surface area contributed by atoms with Gasteiger partial charge >= 0.3 is 5.97 Å². The van der Waals surface area contributed by atoms with Crippen LogP contribution < -0.4 is 4.74 Å². The molecule has 1 amide bonds. The number of amides is 1. The lowest BCUT2D eigenvalue weighted by molar-refractivity contribution is -0.139. The maximum absolute atomic E-state index is 12.3. The fourth-order valence-corrected chi connectivity index (χ4v) is 3.83. The Labute approximate surface area is 153 Å². The molecule has 1 heterocycles. The predicted octanol–water partition coefficient (Wildman–Crippen LogP) is 2.76. The summed E-state index contributed by atoms with van der Waals surface area (Å²) in [6.45, 7) is 3.25. The fourth-order valence-electron chi connectivity index (χ4n) is 3.83. The van der Waals surface area contributed by atoms with E-state index in [1.165, 1.54) is 6.92 Å². The lowest BCUT2D eigenvalue weighted by atomic mass is 9.90. The normalized spacial score (nSPS) is 20.7. The molecule has 1 aromatic rings. The van der Waals surface area contributed by atoms with Crippen molar-refractivity contribution in [3.8, 4) is 5.75 Å². The molecule has 1 aliphatic heterocycles. The number of carbonyl (C=O) groups is 3. The molecule has 1 atom stereocenters. The minimum absolute atomic E-state index is 0.00528. The molecule has 1 unspecified atom stereocenters. The molecule has 0 aromatic heterocycles. The Morgan fingerprint density at radius 1 is 1.27 bits per heavy atom. The van der Waals surface area contributed by atoms with Gasteiger partial charge in [0.2, 0.25) is 5.91 Å². The molecule has 1 aliphatic carbocycles. The summed E-state index contributed by atoms with van der Waals surface area (Å²) in [7, 11) is 0. The number of ether oxygens (including phenoxy) is 1. The maximum Gasteiger partial charge on any atom is 0.307 e. The van der Waals surface area contributed by atoms with E-state index in [4.69, 9.17) is 9.84 Å². The third-order valence-electron chi connectivity index (χ3n) is 5.64. The van der Waals surface area contributed by atoms with Crippen LogP contribution in [0.2, 0.25) is 0 Å². The molecule has 6 nitrogen and oxygen atoms in total. The van der Waals surface area contributed by atoms with Crippen molar-refractivity contribution < 1.29 is 24.2 Å². The van der Waals surface area contributed by atoms with Crippen molar-refractivity contribution in [2.45, 2.75) is 39.0 Å². The van der Waals surface area contributed by atoms with Crippen LogP contribution in [0.15, 0.2) is 24.3 Å². The van der Waals surface area contributed by atoms with Gasteiger partial charge in [0, 0.05) is 25.1 Å². The zero-order valence-corrected chi connectivity index (χ0v) is 15.1. The van der Waals surface area contributed by atoms with Crippen LogP contribution in [0, 0.1) is 11.3 Å². The van der Waals surface area contributed by atoms with E-state index in [0.717, 1.165) is 19.3 Å². The zero-order valence-electron chi connectivity index (χ0n) is 15.1. The van der Waals surface area contributed by atoms with Crippen LogP contribution in [0.5, 0.6) is 5.75 Å². The van der Waals surface area contributed by atoms with Gasteiger partial charge < -0.3 is 14.7 Å². The van der Waals surface area contributed by atoms with E-state index < -0.39 is 5.97 Å². The van der Waals surface area contributed by atoms with E-state index in [1.54, 1.807) is 24.3 Å². The Bertz CT molecular complexity index is 706. The highest BCUT2D eigenvalue weighted by Crippen LogP contribution is 2.59. The summed E-state index contributed by atoms with van der Waals surface area (Å²) in [5.74, 6) is -0.170. The van der Waals surface area contributed by atoms with Crippen molar-refractivity contribution in [1.29, 1.82) is 0 Å². The molecule has 6 heteroatoms. The van der Waals surface area contributed by atoms with Gasteiger partial charge in [-0.1, -0.05) is 12.1 Å². The van der Waals surface area contributed by atoms with Gasteiger partial charge in [-0.25, -0.2) is 0 Å². The number of ketones is 1. The van der Waals surface area contributed by atoms with Gasteiger partial charge in [0.05, 0.1) is 12.5 Å². The Kier molecular flexibility index (Phi) is 5.30. The van der Waals surface area contributed by atoms with Crippen LogP contribution >= 0.6 is 0 Å². The van der Waals surface area contributed by atoms with Gasteiger partial charge in [0.1, 0.15) is 5.75 Å². The number of hydrogen-bond donors (Lipinski definition) is 1. The first-order valence-electron chi connectivity index (χ1n) is 9.16. The number of benzene rings is 1. The molecule has 0 bridgehead atoms. The van der Waals surface area contributed by atoms with Crippen molar-refractivity contribution in [3.63, 3.8) is 0 Å². The first-order chi connectivity index (χ1) is 12.4. The molecular weight excluding hydrogens is 334 g/mol. The topological polar surface area (TPSA) is 83.9 Å². The van der Waals surface area contributed by atoms with Crippen LogP contribution in [0.1, 0.15) is 49.4 Å². The minimum atomic E-state index is -0.698. The lowest BCUT2D eigenvalue weighted by Gasteiger charge is -2.32. The summed E-state index contributed by atoms with van der Waals surface area (Å²) in [4.78, 5) is 36.6. The molecule has 1 saturated carbocycles. The van der Waals surface area contributed by atoms with Crippen LogP contribution in [0.4, 0.5) is 0 Å². The molecule has 26 heavy (non-hydrogen) atoms. The standard InChI is InChI=1S/C20H25NO5/c1-14(22)15-4-2-5-16(12-15)26-11-3-6-18(23)21-9-7-20(8-10-21)13-17(20)19(24)25/h2,4-5,12,17H,3,6-11,13H2,1H3,(H,24,25). The average Bonchev–Trinajstić information content (AvgIpc) is 3.33. The van der Waals surface area contributed by atoms with E-state index in [9.17, 15) is 14.4 Å². The highest BCUT2D eigenvalue weighted by Gasteiger charge is 2.59. The molecule has 2 aliphatic rings. The van der Waals surface area contributed by atoms with Gasteiger partial charge in [-0.3, -0.25) is 14.4 Å². The number of piperidine rings is 1. The van der Waals surface area contributed by atoms with E-state index in [2.05, 4.69) is 0 Å². The number of rotatable bonds is 7. The number of Topliss-reactive ketones (excluding diaryl/α,β-unsaturated/α-hetero) is 1. The molecule has 3 rings (SSSR count). The van der Waals surface area contributed by atoms with Gasteiger partial charge in [-0.15, -0.1) is 0 Å². The van der Waals surface area contributed by atoms with E-state index in [1.807, 2.05) is 4.90 Å². The van der Waals surface area contributed by atoms with Crippen molar-refractivity contribution >= 4 is 17.7 Å². The smallest absolute Gasteiger partial charge is 0.307 e. The summed E-state index contributed by atoms with van der Waals surface area (Å²) in [5.41, 5.74) is 0.563. The number of aliphatic carboxylic acids is 1. The first kappa shape index (κ1) is 18.4. The third kappa shape index (κ3) is 4.06. The van der Waals surface area contributed by atoms with E-state index in [0.29, 0.717) is 43.9 Å². The molecule has 1 N–H and O–H groups in total. The quantitative estimate of drug-likeness (QED) is 0.598. The number of carboxylic acids is 1. The van der Waals surface area contributed by atoms with Gasteiger partial charge in [-0.05, 0) is 50.2 Å². The number of nitrogens with zero attached hydrogens (tertiary/aromatic N) is 1. The summed E-state index contributed by atoms with van der Waals surface area (Å²) in [5, 5.41) is 9.12. The Hall–Kier alpha value is -2.37. The summed E-state index contributed by atoms with van der Waals surface area (Å²) >= 11 is 0. The third-order valence-corrected chi connectivity index (χ3v) is 5.64. The fraction of sp³-hybridized carbons (Fsp3) is 0.550. The highest BCUT2D eigenvalue weighted by molar-refractivity contribution is 5.94. The van der Waals surface area contributed by atoms with E-state index in [-0.39, 0.29) is 23.0 Å². The monoisotopic (exact) mass is 359 g/mol. The highest BCUT2D eigenvalue weighted by atomic mass is 16.5. The number of hydrogen-bond acceptors (Lipinski definition) is 4. The maximum atomic E-state index is 12.3. The van der Waals surface area contributed by atoms with Gasteiger partial charge in [-0.2, -0.15) is 0 Å². The molecular formula is C20H25NO5. The molecule has 1 spiro atoms. The largest absolute Gasteiger partial charge is 0.494 e. The summed E-state index contributed by atoms with van der Waals surface area (Å²) in [6.07, 6.45) is 3.38. The summed E-state index contributed by atoms with van der Waals surface area (Å²) in [6, 6.07) is 7.04. The number of likely N-dealkylation sites (tertiary alicyclic amines) is 1. The van der Waals surface area contributed by atoms with Crippen LogP contribution in [-0.2, 0) is 9.59 Å². The van der Waals surface area contributed by atoms with Crippen molar-refractivity contribution in [3.05, 3.63) is 29.8 Å². The van der Waals surface area contributed by atoms with Crippen molar-refractivity contribution in [1.82, 2.24) is 4.90 Å². The molecule has 1 saturated heterocycles. The van der Waals surface area contributed by atoms with E-state index >= 15 is 0 Å². The predicted molar refractivity (Wildman–Crippen MR) is 95.2 cm³/mol.